The van der Waals surface area contributed by atoms with Gasteiger partial charge >= 0.3 is 5.97 Å². The van der Waals surface area contributed by atoms with Crippen molar-refractivity contribution in [1.82, 2.24) is 5.32 Å². The summed E-state index contributed by atoms with van der Waals surface area (Å²) in [4.78, 5) is 10.8. The lowest BCUT2D eigenvalue weighted by molar-refractivity contribution is -0.143. The number of aliphatic carboxylic acids is 1. The summed E-state index contributed by atoms with van der Waals surface area (Å²) in [6.45, 7) is 2.25. The average Bonchev–Trinajstić information content (AvgIpc) is 2.19. The zero-order chi connectivity index (χ0) is 10.0. The average molecular weight is 234 g/mol. The van der Waals surface area contributed by atoms with Crippen molar-refractivity contribution in [3.8, 4) is 0 Å². The molecule has 2 aliphatic rings. The molecule has 1 spiro atoms. The first-order valence-electron chi connectivity index (χ1n) is 5.65. The SMILES string of the molecule is Cl.O=C(O)C1CCC2(CCNCC2)CC1. The molecule has 0 aromatic rings. The minimum atomic E-state index is -0.589. The Morgan fingerprint density at radius 2 is 1.67 bits per heavy atom. The molecule has 1 saturated carbocycles. The van der Waals surface area contributed by atoms with Crippen LogP contribution in [0, 0.1) is 11.3 Å². The molecule has 2 N–H and O–H groups in total. The van der Waals surface area contributed by atoms with Gasteiger partial charge in [-0.15, -0.1) is 12.4 Å². The number of rotatable bonds is 1. The van der Waals surface area contributed by atoms with Crippen LogP contribution in [0.5, 0.6) is 0 Å². The van der Waals surface area contributed by atoms with E-state index in [-0.39, 0.29) is 18.3 Å². The summed E-state index contributed by atoms with van der Waals surface area (Å²) in [5.74, 6) is -0.649. The molecule has 0 radical (unpaired) electrons. The molecular weight excluding hydrogens is 214 g/mol. The molecule has 2 fully saturated rings. The van der Waals surface area contributed by atoms with E-state index in [2.05, 4.69) is 5.32 Å². The third kappa shape index (κ3) is 2.85. The van der Waals surface area contributed by atoms with E-state index in [0.717, 1.165) is 38.8 Å². The smallest absolute Gasteiger partial charge is 0.306 e. The highest BCUT2D eigenvalue weighted by molar-refractivity contribution is 5.85. The molecule has 4 heteroatoms. The fourth-order valence-corrected chi connectivity index (χ4v) is 2.93. The maximum atomic E-state index is 10.8. The van der Waals surface area contributed by atoms with Crippen molar-refractivity contribution in [2.45, 2.75) is 38.5 Å². The first kappa shape index (κ1) is 12.8. The van der Waals surface area contributed by atoms with Gasteiger partial charge in [-0.1, -0.05) is 0 Å². The van der Waals surface area contributed by atoms with Crippen LogP contribution in [0.15, 0.2) is 0 Å². The molecule has 0 atom stereocenters. The van der Waals surface area contributed by atoms with Gasteiger partial charge in [0.2, 0.25) is 0 Å². The van der Waals surface area contributed by atoms with Crippen LogP contribution < -0.4 is 5.32 Å². The van der Waals surface area contributed by atoms with Gasteiger partial charge in [-0.3, -0.25) is 4.79 Å². The van der Waals surface area contributed by atoms with Crippen LogP contribution in [-0.4, -0.2) is 24.2 Å². The van der Waals surface area contributed by atoms with Crippen LogP contribution in [0.1, 0.15) is 38.5 Å². The number of carboxylic acids is 1. The highest BCUT2D eigenvalue weighted by Crippen LogP contribution is 2.44. The molecule has 0 bridgehead atoms. The van der Waals surface area contributed by atoms with E-state index in [4.69, 9.17) is 5.11 Å². The van der Waals surface area contributed by atoms with Crippen molar-refractivity contribution in [1.29, 1.82) is 0 Å². The Balaban J connectivity index is 0.00000112. The van der Waals surface area contributed by atoms with Gasteiger partial charge in [-0.05, 0) is 57.0 Å². The van der Waals surface area contributed by atoms with Crippen molar-refractivity contribution in [2.75, 3.05) is 13.1 Å². The first-order chi connectivity index (χ1) is 6.72. The van der Waals surface area contributed by atoms with Crippen molar-refractivity contribution in [2.24, 2.45) is 11.3 Å². The Labute approximate surface area is 97.0 Å². The van der Waals surface area contributed by atoms with E-state index in [0.29, 0.717) is 5.41 Å². The lowest BCUT2D eigenvalue weighted by atomic mass is 9.66. The van der Waals surface area contributed by atoms with E-state index in [1.165, 1.54) is 12.8 Å². The largest absolute Gasteiger partial charge is 0.481 e. The maximum Gasteiger partial charge on any atom is 0.306 e. The molecule has 1 heterocycles. The standard InChI is InChI=1S/C11H19NO2.ClH/c13-10(14)9-1-3-11(4-2-9)5-7-12-8-6-11;/h9,12H,1-8H2,(H,13,14);1H. The molecular formula is C11H20ClNO2. The van der Waals surface area contributed by atoms with E-state index in [1.807, 2.05) is 0 Å². The fourth-order valence-electron chi connectivity index (χ4n) is 2.93. The van der Waals surface area contributed by atoms with Gasteiger partial charge in [0.15, 0.2) is 0 Å². The Kier molecular flexibility index (Phi) is 4.41. The predicted molar refractivity (Wildman–Crippen MR) is 61.4 cm³/mol. The number of nitrogens with one attached hydrogen (secondary N) is 1. The molecule has 2 rings (SSSR count). The summed E-state index contributed by atoms with van der Waals surface area (Å²) < 4.78 is 0. The maximum absolute atomic E-state index is 10.8. The normalized spacial score (nSPS) is 25.9. The van der Waals surface area contributed by atoms with Crippen LogP contribution in [0.4, 0.5) is 0 Å². The molecule has 3 nitrogen and oxygen atoms in total. The summed E-state index contributed by atoms with van der Waals surface area (Å²) in [5, 5.41) is 12.3. The fraction of sp³-hybridized carbons (Fsp3) is 0.909. The van der Waals surface area contributed by atoms with Crippen LogP contribution in [0.2, 0.25) is 0 Å². The molecule has 0 aromatic heterocycles. The molecule has 0 unspecified atom stereocenters. The Hall–Kier alpha value is -0.280. The zero-order valence-corrected chi connectivity index (χ0v) is 9.81. The minimum absolute atomic E-state index is 0. The third-order valence-electron chi connectivity index (χ3n) is 4.06. The molecule has 0 amide bonds. The lowest BCUT2D eigenvalue weighted by Gasteiger charge is -2.42. The second kappa shape index (κ2) is 5.17. The molecule has 88 valence electrons. The second-order valence-corrected chi connectivity index (χ2v) is 4.86. The van der Waals surface area contributed by atoms with Crippen LogP contribution in [0.25, 0.3) is 0 Å². The molecule has 0 aromatic carbocycles. The van der Waals surface area contributed by atoms with Crippen LogP contribution >= 0.6 is 12.4 Å². The zero-order valence-electron chi connectivity index (χ0n) is 9.00. The third-order valence-corrected chi connectivity index (χ3v) is 4.06. The molecule has 1 aliphatic heterocycles. The highest BCUT2D eigenvalue weighted by atomic mass is 35.5. The lowest BCUT2D eigenvalue weighted by Crippen LogP contribution is -2.40. The Morgan fingerprint density at radius 1 is 1.13 bits per heavy atom. The van der Waals surface area contributed by atoms with Crippen molar-refractivity contribution < 1.29 is 9.90 Å². The van der Waals surface area contributed by atoms with Gasteiger partial charge in [0, 0.05) is 0 Å². The minimum Gasteiger partial charge on any atom is -0.481 e. The van der Waals surface area contributed by atoms with Gasteiger partial charge in [0.1, 0.15) is 0 Å². The van der Waals surface area contributed by atoms with E-state index in [1.54, 1.807) is 0 Å². The number of hydrogen-bond acceptors (Lipinski definition) is 2. The van der Waals surface area contributed by atoms with Gasteiger partial charge in [-0.2, -0.15) is 0 Å². The number of piperidine rings is 1. The van der Waals surface area contributed by atoms with Crippen molar-refractivity contribution in [3.05, 3.63) is 0 Å². The molecule has 1 saturated heterocycles. The van der Waals surface area contributed by atoms with Crippen LogP contribution in [0.3, 0.4) is 0 Å². The highest BCUT2D eigenvalue weighted by Gasteiger charge is 2.37. The summed E-state index contributed by atoms with van der Waals surface area (Å²) in [5.41, 5.74) is 0.497. The summed E-state index contributed by atoms with van der Waals surface area (Å²) in [6.07, 6.45) is 6.56. The summed E-state index contributed by atoms with van der Waals surface area (Å²) >= 11 is 0. The molecule has 15 heavy (non-hydrogen) atoms. The number of halogens is 1. The Bertz CT molecular complexity index is 217. The van der Waals surface area contributed by atoms with Crippen LogP contribution in [-0.2, 0) is 4.79 Å². The van der Waals surface area contributed by atoms with Crippen molar-refractivity contribution in [3.63, 3.8) is 0 Å². The topological polar surface area (TPSA) is 49.3 Å². The predicted octanol–water partition coefficient (Wildman–Crippen LogP) is 2.05. The van der Waals surface area contributed by atoms with E-state index < -0.39 is 5.97 Å². The number of hydrogen-bond donors (Lipinski definition) is 2. The van der Waals surface area contributed by atoms with Gasteiger partial charge in [0.25, 0.3) is 0 Å². The summed E-state index contributed by atoms with van der Waals surface area (Å²) in [6, 6.07) is 0. The number of carboxylic acid groups (broad SMARTS) is 1. The Morgan fingerprint density at radius 3 is 2.13 bits per heavy atom. The van der Waals surface area contributed by atoms with Gasteiger partial charge in [-0.25, -0.2) is 0 Å². The summed E-state index contributed by atoms with van der Waals surface area (Å²) in [7, 11) is 0. The molecule has 1 aliphatic carbocycles. The number of carbonyl (C=O) groups is 1. The first-order valence-corrected chi connectivity index (χ1v) is 5.65. The van der Waals surface area contributed by atoms with Gasteiger partial charge < -0.3 is 10.4 Å². The monoisotopic (exact) mass is 233 g/mol. The quantitative estimate of drug-likeness (QED) is 0.729. The second-order valence-electron chi connectivity index (χ2n) is 4.86. The van der Waals surface area contributed by atoms with E-state index in [9.17, 15) is 4.79 Å². The van der Waals surface area contributed by atoms with Crippen molar-refractivity contribution >= 4 is 18.4 Å². The van der Waals surface area contributed by atoms with E-state index >= 15 is 0 Å². The van der Waals surface area contributed by atoms with Gasteiger partial charge in [0.05, 0.1) is 5.92 Å².